The van der Waals surface area contributed by atoms with Crippen LogP contribution in [-0.2, 0) is 38.6 Å². The van der Waals surface area contributed by atoms with Gasteiger partial charge < -0.3 is 31.7 Å². The Morgan fingerprint density at radius 1 is 1.02 bits per heavy atom. The summed E-state index contributed by atoms with van der Waals surface area (Å²) in [4.78, 5) is 40.4. The molecule has 0 saturated heterocycles. The minimum Gasteiger partial charge on any atom is -0.460 e. The zero-order chi connectivity index (χ0) is 31.0. The zero-order valence-corrected chi connectivity index (χ0v) is 25.3. The predicted octanol–water partition coefficient (Wildman–Crippen LogP) is 3.43. The van der Waals surface area contributed by atoms with Crippen LogP contribution in [0.4, 0.5) is 5.69 Å². The Bertz CT molecular complexity index is 1420. The number of nitrogens with zero attached hydrogens (tertiary/aromatic N) is 1. The Kier molecular flexibility index (Phi) is 10.7. The Labute approximate surface area is 254 Å². The number of hydrogen-bond donors (Lipinski definition) is 4. The zero-order valence-electron chi connectivity index (χ0n) is 25.3. The quantitative estimate of drug-likeness (QED) is 0.239. The van der Waals surface area contributed by atoms with E-state index in [4.69, 9.17) is 16.2 Å². The Balaban J connectivity index is 1.45. The van der Waals surface area contributed by atoms with Crippen molar-refractivity contribution in [2.75, 3.05) is 18.0 Å². The minimum atomic E-state index is -0.657. The first-order chi connectivity index (χ1) is 20.6. The first-order valence-electron chi connectivity index (χ1n) is 14.8. The molecule has 2 atom stereocenters. The van der Waals surface area contributed by atoms with Gasteiger partial charge in [0.1, 0.15) is 12.1 Å². The van der Waals surface area contributed by atoms with Gasteiger partial charge in [-0.2, -0.15) is 0 Å². The molecular weight excluding hydrogens is 542 g/mol. The summed E-state index contributed by atoms with van der Waals surface area (Å²) >= 11 is 0. The van der Waals surface area contributed by atoms with Gasteiger partial charge in [-0.1, -0.05) is 66.7 Å². The molecule has 0 unspecified atom stereocenters. The van der Waals surface area contributed by atoms with E-state index in [-0.39, 0.29) is 24.8 Å². The third-order valence-corrected chi connectivity index (χ3v) is 7.70. The molecule has 0 fully saturated rings. The second-order valence-electron chi connectivity index (χ2n) is 11.7. The highest BCUT2D eigenvalue weighted by atomic mass is 16.5. The molecule has 228 valence electrons. The summed E-state index contributed by atoms with van der Waals surface area (Å²) in [5, 5.41) is 6.28. The normalized spacial score (nSPS) is 15.8. The Hall–Kier alpha value is -4.05. The van der Waals surface area contributed by atoms with Gasteiger partial charge in [0.25, 0.3) is 0 Å². The lowest BCUT2D eigenvalue weighted by atomic mass is 9.98. The van der Waals surface area contributed by atoms with Crippen LogP contribution in [-0.4, -0.2) is 48.6 Å². The van der Waals surface area contributed by atoms with Crippen LogP contribution >= 0.6 is 0 Å². The Morgan fingerprint density at radius 3 is 2.44 bits per heavy atom. The smallest absolute Gasteiger partial charge is 0.320 e. The number of aryl methyl sites for hydroxylation is 1. The molecule has 0 bridgehead atoms. The molecule has 1 aliphatic heterocycles. The molecule has 9 heteroatoms. The van der Waals surface area contributed by atoms with Gasteiger partial charge in [-0.15, -0.1) is 0 Å². The molecule has 0 aliphatic carbocycles. The van der Waals surface area contributed by atoms with E-state index in [2.05, 4.69) is 28.8 Å². The van der Waals surface area contributed by atoms with Gasteiger partial charge in [0.2, 0.25) is 11.8 Å². The summed E-state index contributed by atoms with van der Waals surface area (Å²) in [5.74, 6) is -0.838. The summed E-state index contributed by atoms with van der Waals surface area (Å²) in [6.45, 7) is 6.59. The van der Waals surface area contributed by atoms with Crippen LogP contribution in [0.3, 0.4) is 0 Å². The van der Waals surface area contributed by atoms with Crippen LogP contribution in [0.25, 0.3) is 11.1 Å². The number of esters is 1. The lowest BCUT2D eigenvalue weighted by Gasteiger charge is -2.29. The molecule has 4 rings (SSSR count). The van der Waals surface area contributed by atoms with E-state index in [1.54, 1.807) is 11.8 Å². The second-order valence-corrected chi connectivity index (χ2v) is 11.7. The van der Waals surface area contributed by atoms with Crippen LogP contribution in [0.2, 0.25) is 0 Å². The van der Waals surface area contributed by atoms with Crippen molar-refractivity contribution in [2.45, 2.75) is 70.8 Å². The number of nitrogens with one attached hydrogen (secondary N) is 2. The van der Waals surface area contributed by atoms with E-state index in [1.165, 1.54) is 0 Å². The highest BCUT2D eigenvalue weighted by molar-refractivity contribution is 6.00. The SMILES string of the molecule is C[C@H](CNC(C)(C)CC(=O)N[C@@H]1CCc2ccccc2N(Cc2ccc(-c3ccccc3CN)cc2)C1=O)OC(=O)CN. The van der Waals surface area contributed by atoms with E-state index < -0.39 is 23.7 Å². The summed E-state index contributed by atoms with van der Waals surface area (Å²) in [6, 6.07) is 23.5. The maximum Gasteiger partial charge on any atom is 0.320 e. The number of amides is 2. The molecule has 1 heterocycles. The average Bonchev–Trinajstić information content (AvgIpc) is 3.12. The monoisotopic (exact) mass is 585 g/mol. The van der Waals surface area contributed by atoms with Crippen molar-refractivity contribution < 1.29 is 19.1 Å². The summed E-state index contributed by atoms with van der Waals surface area (Å²) < 4.78 is 5.20. The van der Waals surface area contributed by atoms with Crippen LogP contribution in [0.5, 0.6) is 0 Å². The van der Waals surface area contributed by atoms with Gasteiger partial charge in [0, 0.05) is 30.7 Å². The van der Waals surface area contributed by atoms with Crippen molar-refractivity contribution in [1.82, 2.24) is 10.6 Å². The molecule has 3 aromatic carbocycles. The highest BCUT2D eigenvalue weighted by Crippen LogP contribution is 2.30. The van der Waals surface area contributed by atoms with Crippen molar-refractivity contribution in [3.63, 3.8) is 0 Å². The standard InChI is InChI=1S/C34H43N5O4/c1-23(43-32(41)20-36)21-37-34(2,3)18-31(40)38-29-17-16-26-8-5-7-11-30(26)39(33(29)42)22-24-12-14-25(15-13-24)28-10-6-4-9-27(28)19-35/h4-15,23,29,37H,16-22,35-36H2,1-3H3,(H,38,40)/t23-,29-/m1/s1. The van der Waals surface area contributed by atoms with Gasteiger partial charge in [-0.05, 0) is 67.5 Å². The molecule has 0 aromatic heterocycles. The van der Waals surface area contributed by atoms with Crippen molar-refractivity contribution in [3.05, 3.63) is 89.5 Å². The maximum absolute atomic E-state index is 14.0. The van der Waals surface area contributed by atoms with Gasteiger partial charge in [-0.25, -0.2) is 0 Å². The van der Waals surface area contributed by atoms with Crippen molar-refractivity contribution in [3.8, 4) is 11.1 Å². The fourth-order valence-corrected chi connectivity index (χ4v) is 5.41. The summed E-state index contributed by atoms with van der Waals surface area (Å²) in [6.07, 6.45) is 0.933. The maximum atomic E-state index is 14.0. The third kappa shape index (κ3) is 8.50. The number of para-hydroxylation sites is 1. The van der Waals surface area contributed by atoms with Gasteiger partial charge >= 0.3 is 5.97 Å². The topological polar surface area (TPSA) is 140 Å². The molecule has 9 nitrogen and oxygen atoms in total. The van der Waals surface area contributed by atoms with Crippen LogP contribution in [0, 0.1) is 0 Å². The fraction of sp³-hybridized carbons (Fsp3) is 0.382. The average molecular weight is 586 g/mol. The number of carbonyl (C=O) groups is 3. The minimum absolute atomic E-state index is 0.135. The number of carbonyl (C=O) groups excluding carboxylic acids is 3. The molecule has 0 radical (unpaired) electrons. The number of benzene rings is 3. The van der Waals surface area contributed by atoms with Gasteiger partial charge in [-0.3, -0.25) is 14.4 Å². The van der Waals surface area contributed by atoms with Crippen molar-refractivity contribution >= 4 is 23.5 Å². The first kappa shape index (κ1) is 31.9. The van der Waals surface area contributed by atoms with Crippen molar-refractivity contribution in [1.29, 1.82) is 0 Å². The van der Waals surface area contributed by atoms with Crippen LogP contribution in [0.15, 0.2) is 72.8 Å². The lowest BCUT2D eigenvalue weighted by Crippen LogP contribution is -2.51. The first-order valence-corrected chi connectivity index (χ1v) is 14.8. The second kappa shape index (κ2) is 14.4. The number of nitrogens with two attached hydrogens (primary N) is 2. The molecule has 43 heavy (non-hydrogen) atoms. The van der Waals surface area contributed by atoms with Gasteiger partial charge in [0.15, 0.2) is 0 Å². The number of hydrogen-bond acceptors (Lipinski definition) is 7. The Morgan fingerprint density at radius 2 is 1.72 bits per heavy atom. The molecule has 1 aliphatic rings. The molecule has 0 saturated carbocycles. The number of fused-ring (bicyclic) bond motifs is 1. The highest BCUT2D eigenvalue weighted by Gasteiger charge is 2.33. The van der Waals surface area contributed by atoms with Gasteiger partial charge in [0.05, 0.1) is 13.1 Å². The van der Waals surface area contributed by atoms with Crippen LogP contribution < -0.4 is 27.0 Å². The predicted molar refractivity (Wildman–Crippen MR) is 169 cm³/mol. The largest absolute Gasteiger partial charge is 0.460 e. The number of rotatable bonds is 12. The fourth-order valence-electron chi connectivity index (χ4n) is 5.41. The van der Waals surface area contributed by atoms with E-state index in [1.807, 2.05) is 68.4 Å². The molecule has 2 amide bonds. The van der Waals surface area contributed by atoms with Crippen LogP contribution in [0.1, 0.15) is 50.3 Å². The van der Waals surface area contributed by atoms with E-state index in [0.717, 1.165) is 33.5 Å². The molecule has 6 N–H and O–H groups in total. The molecule has 0 spiro atoms. The summed E-state index contributed by atoms with van der Waals surface area (Å²) in [7, 11) is 0. The number of ether oxygens (including phenoxy) is 1. The summed E-state index contributed by atoms with van der Waals surface area (Å²) in [5.41, 5.74) is 16.8. The van der Waals surface area contributed by atoms with E-state index >= 15 is 0 Å². The molecule has 3 aromatic rings. The lowest BCUT2D eigenvalue weighted by molar-refractivity contribution is -0.146. The molecular formula is C34H43N5O4. The third-order valence-electron chi connectivity index (χ3n) is 7.70. The van der Waals surface area contributed by atoms with E-state index in [0.29, 0.717) is 32.5 Å². The van der Waals surface area contributed by atoms with E-state index in [9.17, 15) is 14.4 Å². The number of anilines is 1. The van der Waals surface area contributed by atoms with Crippen molar-refractivity contribution in [2.24, 2.45) is 11.5 Å².